The summed E-state index contributed by atoms with van der Waals surface area (Å²) < 4.78 is 45.4. The van der Waals surface area contributed by atoms with E-state index in [-0.39, 0.29) is 11.2 Å². The second-order valence-corrected chi connectivity index (χ2v) is 12.3. The minimum absolute atomic E-state index is 0.244. The average molecular weight is 631 g/mol. The van der Waals surface area contributed by atoms with Crippen LogP contribution in [0, 0.1) is 12.7 Å². The fourth-order valence-corrected chi connectivity index (χ4v) is 8.05. The first-order chi connectivity index (χ1) is 22.8. The van der Waals surface area contributed by atoms with Crippen LogP contribution in [-0.2, 0) is 11.0 Å². The molecule has 0 atom stereocenters. The molecule has 0 saturated heterocycles. The number of rotatable bonds is 8. The van der Waals surface area contributed by atoms with Gasteiger partial charge in [0.2, 0.25) is 0 Å². The molecule has 0 fully saturated rings. The lowest BCUT2D eigenvalue weighted by atomic mass is 9.70. The summed E-state index contributed by atoms with van der Waals surface area (Å²) in [4.78, 5) is 0. The van der Waals surface area contributed by atoms with Crippen LogP contribution in [0.25, 0.3) is 28.0 Å². The lowest BCUT2D eigenvalue weighted by Gasteiger charge is -2.39. The van der Waals surface area contributed by atoms with Crippen molar-refractivity contribution in [3.63, 3.8) is 0 Å². The van der Waals surface area contributed by atoms with Crippen LogP contribution in [0.1, 0.15) is 60.1 Å². The van der Waals surface area contributed by atoms with Crippen molar-refractivity contribution in [1.82, 2.24) is 0 Å². The SMILES string of the molecule is CCC1(CC)c2c(C)cc(F)cc2-c2c1c1c(c3cc(OC)c(OC)cc23)OC(c2ccc(OC)cc2)(c2ccc(OC)cc2)C=C1. The van der Waals surface area contributed by atoms with Crippen molar-refractivity contribution in [2.24, 2.45) is 0 Å². The number of ether oxygens (including phenoxy) is 5. The van der Waals surface area contributed by atoms with Gasteiger partial charge in [-0.15, -0.1) is 0 Å². The van der Waals surface area contributed by atoms with Crippen molar-refractivity contribution in [1.29, 1.82) is 0 Å². The molecule has 0 N–H and O–H groups in total. The highest BCUT2D eigenvalue weighted by atomic mass is 19.1. The molecule has 0 bridgehead atoms. The topological polar surface area (TPSA) is 46.2 Å². The number of benzene rings is 5. The number of hydrogen-bond acceptors (Lipinski definition) is 5. The van der Waals surface area contributed by atoms with E-state index in [1.165, 1.54) is 5.56 Å². The van der Waals surface area contributed by atoms with Gasteiger partial charge in [-0.3, -0.25) is 0 Å². The first kappa shape index (κ1) is 30.7. The molecule has 1 aliphatic heterocycles. The summed E-state index contributed by atoms with van der Waals surface area (Å²) >= 11 is 0. The molecule has 240 valence electrons. The summed E-state index contributed by atoms with van der Waals surface area (Å²) in [7, 11) is 6.60. The zero-order valence-electron chi connectivity index (χ0n) is 27.9. The molecule has 47 heavy (non-hydrogen) atoms. The van der Waals surface area contributed by atoms with Crippen LogP contribution in [0.3, 0.4) is 0 Å². The first-order valence-corrected chi connectivity index (χ1v) is 16.0. The number of halogens is 1. The Kier molecular flexibility index (Phi) is 7.42. The molecule has 2 aliphatic rings. The van der Waals surface area contributed by atoms with Gasteiger partial charge in [-0.25, -0.2) is 4.39 Å². The zero-order chi connectivity index (χ0) is 33.1. The molecule has 0 amide bonds. The van der Waals surface area contributed by atoms with Gasteiger partial charge >= 0.3 is 0 Å². The maximum Gasteiger partial charge on any atom is 0.178 e. The fourth-order valence-electron chi connectivity index (χ4n) is 8.05. The normalized spacial score (nSPS) is 15.0. The summed E-state index contributed by atoms with van der Waals surface area (Å²) in [5.41, 5.74) is 6.80. The van der Waals surface area contributed by atoms with Crippen molar-refractivity contribution in [2.75, 3.05) is 28.4 Å². The van der Waals surface area contributed by atoms with Gasteiger partial charge in [-0.2, -0.15) is 0 Å². The van der Waals surface area contributed by atoms with Crippen molar-refractivity contribution in [3.05, 3.63) is 118 Å². The average Bonchev–Trinajstić information content (AvgIpc) is 3.41. The van der Waals surface area contributed by atoms with E-state index in [9.17, 15) is 0 Å². The standard InChI is InChI=1S/C41H39FO5/c1-8-40(9-2)37-24(3)20-27(42)21-33(37)36-31-22-34(45-6)35(46-7)23-32(31)39-30(38(36)40)18-19-41(47-39,25-10-14-28(43-4)15-11-25)26-12-16-29(44-5)17-13-26/h10-23H,8-9H2,1-7H3. The second-order valence-electron chi connectivity index (χ2n) is 12.3. The van der Waals surface area contributed by atoms with Gasteiger partial charge in [0, 0.05) is 27.5 Å². The molecule has 0 spiro atoms. The molecule has 0 unspecified atom stereocenters. The number of methoxy groups -OCH3 is 4. The van der Waals surface area contributed by atoms with Crippen molar-refractivity contribution >= 4 is 16.8 Å². The van der Waals surface area contributed by atoms with E-state index in [1.807, 2.05) is 67.6 Å². The maximum atomic E-state index is 15.3. The summed E-state index contributed by atoms with van der Waals surface area (Å²) in [6, 6.07) is 23.4. The Bertz CT molecular complexity index is 1990. The molecule has 1 heterocycles. The molecule has 7 rings (SSSR count). The van der Waals surface area contributed by atoms with E-state index in [2.05, 4.69) is 26.0 Å². The summed E-state index contributed by atoms with van der Waals surface area (Å²) in [6.45, 7) is 6.47. The molecular formula is C41H39FO5. The van der Waals surface area contributed by atoms with Gasteiger partial charge in [0.25, 0.3) is 0 Å². The Morgan fingerprint density at radius 2 is 1.23 bits per heavy atom. The number of aryl methyl sites for hydroxylation is 1. The monoisotopic (exact) mass is 630 g/mol. The highest BCUT2D eigenvalue weighted by molar-refractivity contribution is 6.10. The molecule has 5 nitrogen and oxygen atoms in total. The Balaban J connectivity index is 1.61. The fraction of sp³-hybridized carbons (Fsp3) is 0.268. The minimum atomic E-state index is -0.978. The van der Waals surface area contributed by atoms with Crippen LogP contribution >= 0.6 is 0 Å². The van der Waals surface area contributed by atoms with Gasteiger partial charge in [0.15, 0.2) is 17.1 Å². The Morgan fingerprint density at radius 3 is 1.74 bits per heavy atom. The summed E-state index contributed by atoms with van der Waals surface area (Å²) in [6.07, 6.45) is 6.05. The molecule has 5 aromatic carbocycles. The van der Waals surface area contributed by atoms with Gasteiger partial charge in [0.05, 0.1) is 28.4 Å². The van der Waals surface area contributed by atoms with E-state index in [0.29, 0.717) is 11.5 Å². The van der Waals surface area contributed by atoms with Crippen molar-refractivity contribution < 1.29 is 28.1 Å². The second kappa shape index (κ2) is 11.4. The van der Waals surface area contributed by atoms with E-state index >= 15 is 4.39 Å². The molecular weight excluding hydrogens is 591 g/mol. The van der Waals surface area contributed by atoms with E-state index in [0.717, 1.165) is 79.8 Å². The molecule has 5 aromatic rings. The Labute approximate surface area is 275 Å². The lowest BCUT2D eigenvalue weighted by molar-refractivity contribution is 0.163. The number of fused-ring (bicyclic) bond motifs is 8. The minimum Gasteiger partial charge on any atom is -0.497 e. The van der Waals surface area contributed by atoms with Crippen molar-refractivity contribution in [2.45, 2.75) is 44.6 Å². The largest absolute Gasteiger partial charge is 0.497 e. The van der Waals surface area contributed by atoms with E-state index in [4.69, 9.17) is 23.7 Å². The Hall–Kier alpha value is -4.97. The van der Waals surface area contributed by atoms with Crippen molar-refractivity contribution in [3.8, 4) is 39.9 Å². The molecule has 0 saturated carbocycles. The first-order valence-electron chi connectivity index (χ1n) is 16.0. The molecule has 6 heteroatoms. The van der Waals surface area contributed by atoms with Gasteiger partial charge < -0.3 is 23.7 Å². The third-order valence-corrected chi connectivity index (χ3v) is 10.3. The van der Waals surface area contributed by atoms with Crippen LogP contribution < -0.4 is 23.7 Å². The van der Waals surface area contributed by atoms with Crippen LogP contribution in [0.4, 0.5) is 4.39 Å². The molecule has 0 aromatic heterocycles. The molecule has 0 radical (unpaired) electrons. The predicted molar refractivity (Wildman–Crippen MR) is 185 cm³/mol. The van der Waals surface area contributed by atoms with Crippen LogP contribution in [-0.4, -0.2) is 28.4 Å². The van der Waals surface area contributed by atoms with Gasteiger partial charge in [-0.1, -0.05) is 44.2 Å². The highest BCUT2D eigenvalue weighted by Gasteiger charge is 2.48. The highest BCUT2D eigenvalue weighted by Crippen LogP contribution is 2.62. The zero-order valence-corrected chi connectivity index (χ0v) is 27.9. The Morgan fingerprint density at radius 1 is 0.681 bits per heavy atom. The van der Waals surface area contributed by atoms with E-state index in [1.54, 1.807) is 40.6 Å². The van der Waals surface area contributed by atoms with Crippen LogP contribution in [0.5, 0.6) is 28.7 Å². The quantitative estimate of drug-likeness (QED) is 0.171. The smallest absolute Gasteiger partial charge is 0.178 e. The third kappa shape index (κ3) is 4.34. The predicted octanol–water partition coefficient (Wildman–Crippen LogP) is 9.76. The van der Waals surface area contributed by atoms with Crippen LogP contribution in [0.2, 0.25) is 0 Å². The van der Waals surface area contributed by atoms with Gasteiger partial charge in [-0.05, 0) is 108 Å². The summed E-state index contributed by atoms with van der Waals surface area (Å²) in [5.74, 6) is 3.21. The van der Waals surface area contributed by atoms with E-state index < -0.39 is 5.60 Å². The number of hydrogen-bond donors (Lipinski definition) is 0. The summed E-state index contributed by atoms with van der Waals surface area (Å²) in [5, 5.41) is 1.79. The maximum absolute atomic E-state index is 15.3. The third-order valence-electron chi connectivity index (χ3n) is 10.3. The molecule has 1 aliphatic carbocycles. The lowest BCUT2D eigenvalue weighted by Crippen LogP contribution is -2.35. The van der Waals surface area contributed by atoms with Gasteiger partial charge in [0.1, 0.15) is 23.1 Å². The van der Waals surface area contributed by atoms with Crippen LogP contribution in [0.15, 0.2) is 78.9 Å².